The predicted molar refractivity (Wildman–Crippen MR) is 62.7 cm³/mol. The van der Waals surface area contributed by atoms with Gasteiger partial charge in [0, 0.05) is 0 Å². The first-order valence-electron chi connectivity index (χ1n) is 5.47. The van der Waals surface area contributed by atoms with Gasteiger partial charge in [-0.1, -0.05) is 0 Å². The molecule has 0 saturated carbocycles. The zero-order chi connectivity index (χ0) is 10.2. The maximum atomic E-state index is 8.77. The van der Waals surface area contributed by atoms with Gasteiger partial charge in [0.2, 0.25) is 0 Å². The molecule has 0 aliphatic carbocycles. The summed E-state index contributed by atoms with van der Waals surface area (Å²) in [7, 11) is 0. The molecule has 0 aliphatic heterocycles. The second-order valence-corrected chi connectivity index (χ2v) is 17.3. The molecule has 78 valence electrons. The first kappa shape index (κ1) is 13.5. The Labute approximate surface area is 87.1 Å². The van der Waals surface area contributed by atoms with Crippen LogP contribution in [0.15, 0.2) is 10.2 Å². The first-order valence-corrected chi connectivity index (χ1v) is 14.0. The number of rotatable bonds is 7. The summed E-state index contributed by atoms with van der Waals surface area (Å²) in [6.45, 7) is 4.75. The van der Waals surface area contributed by atoms with Crippen LogP contribution in [0.4, 0.5) is 0 Å². The molecule has 1 atom stereocenters. The molecule has 1 nitrogen and oxygen atoms in total. The summed E-state index contributed by atoms with van der Waals surface area (Å²) in [5.74, 6) is 0. The van der Waals surface area contributed by atoms with Gasteiger partial charge in [0.1, 0.15) is 0 Å². The van der Waals surface area contributed by atoms with Gasteiger partial charge < -0.3 is 0 Å². The fourth-order valence-corrected chi connectivity index (χ4v) is 11.9. The molecule has 0 saturated heterocycles. The van der Waals surface area contributed by atoms with E-state index >= 15 is 0 Å². The van der Waals surface area contributed by atoms with Crippen molar-refractivity contribution in [1.82, 2.24) is 0 Å². The fourth-order valence-electron chi connectivity index (χ4n) is 1.78. The van der Waals surface area contributed by atoms with Crippen LogP contribution in [0, 0.1) is 0 Å². The van der Waals surface area contributed by atoms with Gasteiger partial charge in [-0.3, -0.25) is 0 Å². The van der Waals surface area contributed by atoms with Gasteiger partial charge in [-0.15, -0.1) is 0 Å². The summed E-state index contributed by atoms with van der Waals surface area (Å²) < 4.78 is 5.29. The van der Waals surface area contributed by atoms with Crippen molar-refractivity contribution in [3.05, 3.63) is 10.2 Å². The third kappa shape index (κ3) is 6.55. The zero-order valence-electron chi connectivity index (χ0n) is 9.34. The quantitative estimate of drug-likeness (QED) is 0.713. The number of aliphatic hydroxyl groups is 1. The predicted octanol–water partition coefficient (Wildman–Crippen LogP) is 3.36. The Balaban J connectivity index is 4.06. The molecule has 0 amide bonds. The zero-order valence-corrected chi connectivity index (χ0v) is 12.2. The summed E-state index contributed by atoms with van der Waals surface area (Å²) in [6, 6.07) is 0. The monoisotopic (exact) mass is 292 g/mol. The van der Waals surface area contributed by atoms with E-state index in [9.17, 15) is 0 Å². The third-order valence-corrected chi connectivity index (χ3v) is 14.5. The summed E-state index contributed by atoms with van der Waals surface area (Å²) >= 11 is -1.87. The van der Waals surface area contributed by atoms with Gasteiger partial charge in [0.25, 0.3) is 0 Å². The van der Waals surface area contributed by atoms with Crippen molar-refractivity contribution in [3.63, 3.8) is 0 Å². The van der Waals surface area contributed by atoms with E-state index in [1.807, 2.05) is 6.08 Å². The number of unbranched alkanes of at least 4 members (excludes halogenated alkanes) is 1. The van der Waals surface area contributed by atoms with Crippen molar-refractivity contribution in [1.29, 1.82) is 0 Å². The molecule has 0 bridgehead atoms. The number of hydrogen-bond donors (Lipinski definition) is 1. The van der Waals surface area contributed by atoms with Crippen LogP contribution in [0.5, 0.6) is 0 Å². The van der Waals surface area contributed by atoms with Crippen LogP contribution in [0.1, 0.15) is 33.1 Å². The van der Waals surface area contributed by atoms with E-state index in [4.69, 9.17) is 5.11 Å². The van der Waals surface area contributed by atoms with Gasteiger partial charge in [0.05, 0.1) is 0 Å². The first-order chi connectivity index (χ1) is 6.18. The summed E-state index contributed by atoms with van der Waals surface area (Å²) in [5, 5.41) is 8.77. The molecule has 2 heteroatoms. The second kappa shape index (κ2) is 7.86. The van der Waals surface area contributed by atoms with Gasteiger partial charge >= 0.3 is 87.2 Å². The van der Waals surface area contributed by atoms with E-state index in [1.165, 1.54) is 28.1 Å². The summed E-state index contributed by atoms with van der Waals surface area (Å²) in [4.78, 5) is 2.50. The summed E-state index contributed by atoms with van der Waals surface area (Å²) in [5.41, 5.74) is 0. The Morgan fingerprint density at radius 1 is 1.15 bits per heavy atom. The van der Waals surface area contributed by atoms with Crippen molar-refractivity contribution >= 4 is 18.4 Å². The van der Waals surface area contributed by atoms with E-state index < -0.39 is 18.4 Å². The minimum atomic E-state index is -1.87. The van der Waals surface area contributed by atoms with Crippen molar-refractivity contribution in [2.75, 3.05) is 6.61 Å². The molecule has 0 heterocycles. The van der Waals surface area contributed by atoms with Crippen molar-refractivity contribution < 1.29 is 5.11 Å². The standard InChI is InChI=1S/C4H9.C3H5O.C3H7.CH3.Sn/c1-3-4-2;1-2-3-4;1-3-2;;/h1,3-4H2,2H3;1-2,4H,3H2;1,3H2,2H3;1H3;. The molecule has 0 radical (unpaired) electrons. The van der Waals surface area contributed by atoms with Crippen LogP contribution in [0.3, 0.4) is 0 Å². The SMILES string of the molecule is CCC[CH2][Sn]([CH3])(/[CH]=C/CO)[CH2]CC. The minimum absolute atomic E-state index is 0.225. The molecule has 13 heavy (non-hydrogen) atoms. The van der Waals surface area contributed by atoms with Gasteiger partial charge in [0.15, 0.2) is 0 Å². The molecule has 0 aliphatic rings. The molecule has 0 spiro atoms. The Morgan fingerprint density at radius 2 is 1.85 bits per heavy atom. The van der Waals surface area contributed by atoms with Crippen LogP contribution < -0.4 is 0 Å². The molecule has 0 aromatic heterocycles. The normalized spacial score (nSPS) is 16.3. The Kier molecular flexibility index (Phi) is 8.16. The van der Waals surface area contributed by atoms with Gasteiger partial charge in [-0.25, -0.2) is 0 Å². The van der Waals surface area contributed by atoms with E-state index in [0.29, 0.717) is 0 Å². The molecular formula is C11H24OSn. The van der Waals surface area contributed by atoms with Crippen molar-refractivity contribution in [2.45, 2.75) is 46.9 Å². The average Bonchev–Trinajstić information content (AvgIpc) is 2.12. The van der Waals surface area contributed by atoms with Crippen LogP contribution in [-0.4, -0.2) is 30.1 Å². The topological polar surface area (TPSA) is 20.2 Å². The van der Waals surface area contributed by atoms with Crippen LogP contribution in [-0.2, 0) is 0 Å². The Hall–Kier alpha value is 0.499. The molecule has 0 fully saturated rings. The van der Waals surface area contributed by atoms with E-state index in [0.717, 1.165) is 0 Å². The molecule has 0 aromatic rings. The van der Waals surface area contributed by atoms with E-state index in [-0.39, 0.29) is 6.61 Å². The van der Waals surface area contributed by atoms with Crippen LogP contribution >= 0.6 is 0 Å². The van der Waals surface area contributed by atoms with E-state index in [1.54, 1.807) is 0 Å². The molecule has 0 rings (SSSR count). The van der Waals surface area contributed by atoms with Crippen molar-refractivity contribution in [3.8, 4) is 0 Å². The Bertz CT molecular complexity index is 145. The van der Waals surface area contributed by atoms with Gasteiger partial charge in [-0.2, -0.15) is 0 Å². The van der Waals surface area contributed by atoms with E-state index in [2.05, 4.69) is 22.9 Å². The second-order valence-electron chi connectivity index (χ2n) is 4.09. The van der Waals surface area contributed by atoms with Crippen molar-refractivity contribution in [2.24, 2.45) is 0 Å². The molecule has 1 N–H and O–H groups in total. The average molecular weight is 291 g/mol. The van der Waals surface area contributed by atoms with Crippen LogP contribution in [0.25, 0.3) is 0 Å². The fraction of sp³-hybridized carbons (Fsp3) is 0.818. The third-order valence-electron chi connectivity index (χ3n) is 2.55. The summed E-state index contributed by atoms with van der Waals surface area (Å²) in [6.07, 6.45) is 5.97. The Morgan fingerprint density at radius 3 is 2.31 bits per heavy atom. The van der Waals surface area contributed by atoms with Gasteiger partial charge in [-0.05, 0) is 0 Å². The molecule has 0 aromatic carbocycles. The molecular weight excluding hydrogens is 267 g/mol. The number of aliphatic hydroxyl groups excluding tert-OH is 1. The van der Waals surface area contributed by atoms with Crippen LogP contribution in [0.2, 0.25) is 13.8 Å². The number of hydrogen-bond acceptors (Lipinski definition) is 1. The molecule has 1 unspecified atom stereocenters. The maximum absolute atomic E-state index is 8.77.